The SMILES string of the molecule is CCCCC=CCCCCCCCC(C)=O. The molecule has 0 atom stereocenters. The van der Waals surface area contributed by atoms with E-state index in [4.69, 9.17) is 0 Å². The second-order valence-corrected chi connectivity index (χ2v) is 4.62. The highest BCUT2D eigenvalue weighted by Crippen LogP contribution is 2.08. The lowest BCUT2D eigenvalue weighted by Gasteiger charge is -1.98. The van der Waals surface area contributed by atoms with E-state index in [0.717, 1.165) is 12.8 Å². The third-order valence-corrected chi connectivity index (χ3v) is 2.79. The quantitative estimate of drug-likeness (QED) is 0.354. The van der Waals surface area contributed by atoms with E-state index >= 15 is 0 Å². The normalized spacial score (nSPS) is 11.1. The van der Waals surface area contributed by atoms with Gasteiger partial charge in [-0.15, -0.1) is 0 Å². The molecule has 0 bridgehead atoms. The molecule has 0 N–H and O–H groups in total. The second kappa shape index (κ2) is 12.5. The zero-order valence-corrected chi connectivity index (χ0v) is 11.1. The first-order chi connectivity index (χ1) is 7.77. The van der Waals surface area contributed by atoms with Gasteiger partial charge in [0.2, 0.25) is 0 Å². The van der Waals surface area contributed by atoms with Crippen LogP contribution in [-0.4, -0.2) is 5.78 Å². The fourth-order valence-corrected chi connectivity index (χ4v) is 1.72. The van der Waals surface area contributed by atoms with E-state index in [1.54, 1.807) is 6.92 Å². The standard InChI is InChI=1S/C15H28O/c1-3-4-5-6-7-8-9-10-11-12-13-14-15(2)16/h6-7H,3-5,8-14H2,1-2H3. The first-order valence-electron chi connectivity index (χ1n) is 6.91. The zero-order chi connectivity index (χ0) is 12.1. The van der Waals surface area contributed by atoms with Crippen molar-refractivity contribution in [2.75, 3.05) is 0 Å². The molecular weight excluding hydrogens is 196 g/mol. The lowest BCUT2D eigenvalue weighted by Crippen LogP contribution is -1.89. The number of rotatable bonds is 11. The highest BCUT2D eigenvalue weighted by Gasteiger charge is 1.93. The van der Waals surface area contributed by atoms with E-state index in [2.05, 4.69) is 19.1 Å². The maximum Gasteiger partial charge on any atom is 0.129 e. The molecule has 0 aromatic heterocycles. The fraction of sp³-hybridized carbons (Fsp3) is 0.800. The third-order valence-electron chi connectivity index (χ3n) is 2.79. The number of carbonyl (C=O) groups is 1. The Morgan fingerprint density at radius 1 is 0.875 bits per heavy atom. The molecule has 0 radical (unpaired) electrons. The van der Waals surface area contributed by atoms with Gasteiger partial charge in [0.05, 0.1) is 0 Å². The van der Waals surface area contributed by atoms with Gasteiger partial charge in [-0.3, -0.25) is 0 Å². The molecule has 0 aliphatic carbocycles. The molecule has 0 rings (SSSR count). The second-order valence-electron chi connectivity index (χ2n) is 4.62. The summed E-state index contributed by atoms with van der Waals surface area (Å²) < 4.78 is 0. The largest absolute Gasteiger partial charge is 0.300 e. The average Bonchev–Trinajstić information content (AvgIpc) is 2.25. The van der Waals surface area contributed by atoms with Crippen molar-refractivity contribution in [2.45, 2.75) is 78.1 Å². The monoisotopic (exact) mass is 224 g/mol. The molecule has 0 heterocycles. The molecule has 0 fully saturated rings. The van der Waals surface area contributed by atoms with Gasteiger partial charge in [-0.2, -0.15) is 0 Å². The topological polar surface area (TPSA) is 17.1 Å². The average molecular weight is 224 g/mol. The van der Waals surface area contributed by atoms with Gasteiger partial charge < -0.3 is 4.79 Å². The van der Waals surface area contributed by atoms with Gasteiger partial charge in [0.15, 0.2) is 0 Å². The molecule has 0 amide bonds. The van der Waals surface area contributed by atoms with E-state index in [1.807, 2.05) is 0 Å². The van der Waals surface area contributed by atoms with E-state index in [0.29, 0.717) is 5.78 Å². The Balaban J connectivity index is 3.03. The van der Waals surface area contributed by atoms with Crippen molar-refractivity contribution in [3.8, 4) is 0 Å². The Morgan fingerprint density at radius 2 is 1.44 bits per heavy atom. The van der Waals surface area contributed by atoms with Crippen molar-refractivity contribution in [2.24, 2.45) is 0 Å². The number of hydrogen-bond acceptors (Lipinski definition) is 1. The van der Waals surface area contributed by atoms with E-state index < -0.39 is 0 Å². The fourth-order valence-electron chi connectivity index (χ4n) is 1.72. The minimum absolute atomic E-state index is 0.332. The smallest absolute Gasteiger partial charge is 0.129 e. The lowest BCUT2D eigenvalue weighted by molar-refractivity contribution is -0.117. The summed E-state index contributed by atoms with van der Waals surface area (Å²) in [5, 5.41) is 0. The van der Waals surface area contributed by atoms with Crippen LogP contribution in [0.4, 0.5) is 0 Å². The third kappa shape index (κ3) is 13.4. The number of carbonyl (C=O) groups excluding carboxylic acids is 1. The lowest BCUT2D eigenvalue weighted by atomic mass is 10.1. The Bertz CT molecular complexity index is 182. The molecule has 16 heavy (non-hydrogen) atoms. The van der Waals surface area contributed by atoms with Crippen LogP contribution in [0.1, 0.15) is 78.1 Å². The molecule has 0 saturated carbocycles. The van der Waals surface area contributed by atoms with Crippen LogP contribution in [-0.2, 0) is 4.79 Å². The van der Waals surface area contributed by atoms with Crippen molar-refractivity contribution in [3.05, 3.63) is 12.2 Å². The molecule has 1 nitrogen and oxygen atoms in total. The van der Waals surface area contributed by atoms with Gasteiger partial charge in [-0.25, -0.2) is 0 Å². The number of Topliss-reactive ketones (excluding diaryl/α,β-unsaturated/α-hetero) is 1. The molecule has 0 aliphatic heterocycles. The molecule has 0 unspecified atom stereocenters. The summed E-state index contributed by atoms with van der Waals surface area (Å²) in [5.74, 6) is 0.332. The Morgan fingerprint density at radius 3 is 2.06 bits per heavy atom. The van der Waals surface area contributed by atoms with Gasteiger partial charge in [0.1, 0.15) is 5.78 Å². The minimum atomic E-state index is 0.332. The van der Waals surface area contributed by atoms with Crippen molar-refractivity contribution in [1.29, 1.82) is 0 Å². The predicted octanol–water partition coefficient (Wildman–Crippen LogP) is 5.05. The van der Waals surface area contributed by atoms with Gasteiger partial charge >= 0.3 is 0 Å². The van der Waals surface area contributed by atoms with Gasteiger partial charge in [0, 0.05) is 6.42 Å². The molecule has 1 heteroatoms. The zero-order valence-electron chi connectivity index (χ0n) is 11.1. The van der Waals surface area contributed by atoms with Crippen molar-refractivity contribution >= 4 is 5.78 Å². The van der Waals surface area contributed by atoms with Crippen molar-refractivity contribution in [3.63, 3.8) is 0 Å². The maximum atomic E-state index is 10.7. The van der Waals surface area contributed by atoms with Gasteiger partial charge in [-0.05, 0) is 32.6 Å². The van der Waals surface area contributed by atoms with Crippen LogP contribution in [0.15, 0.2) is 12.2 Å². The molecule has 0 aliphatic rings. The molecule has 0 saturated heterocycles. The number of allylic oxidation sites excluding steroid dienone is 2. The number of ketones is 1. The van der Waals surface area contributed by atoms with Crippen LogP contribution >= 0.6 is 0 Å². The summed E-state index contributed by atoms with van der Waals surface area (Å²) in [6.45, 7) is 3.91. The van der Waals surface area contributed by atoms with Crippen LogP contribution < -0.4 is 0 Å². The highest BCUT2D eigenvalue weighted by molar-refractivity contribution is 5.75. The Hall–Kier alpha value is -0.590. The summed E-state index contributed by atoms with van der Waals surface area (Å²) in [6, 6.07) is 0. The number of unbranched alkanes of at least 4 members (excludes halogenated alkanes) is 7. The highest BCUT2D eigenvalue weighted by atomic mass is 16.1. The molecule has 94 valence electrons. The van der Waals surface area contributed by atoms with Crippen LogP contribution in [0.25, 0.3) is 0 Å². The number of hydrogen-bond donors (Lipinski definition) is 0. The van der Waals surface area contributed by atoms with Gasteiger partial charge in [-0.1, -0.05) is 51.2 Å². The summed E-state index contributed by atoms with van der Waals surface area (Å²) in [6.07, 6.45) is 16.7. The molecule has 0 aromatic rings. The molecule has 0 spiro atoms. The van der Waals surface area contributed by atoms with Crippen LogP contribution in [0.5, 0.6) is 0 Å². The van der Waals surface area contributed by atoms with Crippen LogP contribution in [0.2, 0.25) is 0 Å². The van der Waals surface area contributed by atoms with E-state index in [-0.39, 0.29) is 0 Å². The van der Waals surface area contributed by atoms with Crippen LogP contribution in [0.3, 0.4) is 0 Å². The van der Waals surface area contributed by atoms with Gasteiger partial charge in [0.25, 0.3) is 0 Å². The van der Waals surface area contributed by atoms with E-state index in [1.165, 1.54) is 51.4 Å². The maximum absolute atomic E-state index is 10.7. The first-order valence-corrected chi connectivity index (χ1v) is 6.91. The van der Waals surface area contributed by atoms with Crippen LogP contribution in [0, 0.1) is 0 Å². The Kier molecular flexibility index (Phi) is 12.0. The summed E-state index contributed by atoms with van der Waals surface area (Å²) in [5.41, 5.74) is 0. The first kappa shape index (κ1) is 15.4. The molecular formula is C15H28O. The Labute approximate surface area is 101 Å². The summed E-state index contributed by atoms with van der Waals surface area (Å²) >= 11 is 0. The van der Waals surface area contributed by atoms with Crippen molar-refractivity contribution < 1.29 is 4.79 Å². The summed E-state index contributed by atoms with van der Waals surface area (Å²) in [4.78, 5) is 10.7. The summed E-state index contributed by atoms with van der Waals surface area (Å²) in [7, 11) is 0. The predicted molar refractivity (Wildman–Crippen MR) is 71.7 cm³/mol. The minimum Gasteiger partial charge on any atom is -0.300 e. The molecule has 0 aromatic carbocycles. The van der Waals surface area contributed by atoms with Crippen molar-refractivity contribution in [1.82, 2.24) is 0 Å². The van der Waals surface area contributed by atoms with E-state index in [9.17, 15) is 4.79 Å².